The molecule has 5 heteroatoms. The molecule has 1 unspecified atom stereocenters. The summed E-state index contributed by atoms with van der Waals surface area (Å²) in [7, 11) is 0. The molecule has 1 N–H and O–H groups in total. The molecule has 94 valence electrons. The van der Waals surface area contributed by atoms with Crippen molar-refractivity contribution in [1.29, 1.82) is 5.26 Å². The first-order valence-corrected chi connectivity index (χ1v) is 6.78. The van der Waals surface area contributed by atoms with Gasteiger partial charge in [0.1, 0.15) is 6.10 Å². The van der Waals surface area contributed by atoms with E-state index in [0.717, 1.165) is 21.9 Å². The molecule has 0 saturated carbocycles. The topological polar surface area (TPSA) is 61.7 Å². The van der Waals surface area contributed by atoms with E-state index in [9.17, 15) is 0 Å². The molecule has 1 heterocycles. The number of benzene rings is 1. The molecule has 1 aromatic heterocycles. The van der Waals surface area contributed by atoms with Crippen molar-refractivity contribution < 1.29 is 4.74 Å². The number of imidazole rings is 1. The van der Waals surface area contributed by atoms with E-state index in [4.69, 9.17) is 10.00 Å². The number of aromatic nitrogens is 2. The molecule has 0 aliphatic heterocycles. The Morgan fingerprint density at radius 3 is 3.17 bits per heavy atom. The van der Waals surface area contributed by atoms with Crippen molar-refractivity contribution in [2.24, 2.45) is 0 Å². The summed E-state index contributed by atoms with van der Waals surface area (Å²) in [4.78, 5) is 7.75. The van der Waals surface area contributed by atoms with Crippen LogP contribution in [0.4, 0.5) is 0 Å². The minimum atomic E-state index is -0.344. The fraction of sp³-hybridized carbons (Fsp3) is 0.385. The fourth-order valence-corrected chi connectivity index (χ4v) is 2.29. The molecular weight excluding hydrogens is 246 g/mol. The molecule has 0 fully saturated rings. The van der Waals surface area contributed by atoms with Crippen LogP contribution in [0.1, 0.15) is 12.5 Å². The molecule has 0 bridgehead atoms. The predicted octanol–water partition coefficient (Wildman–Crippen LogP) is 2.89. The lowest BCUT2D eigenvalue weighted by atomic mass is 10.2. The number of nitrogens with one attached hydrogen (secondary N) is 1. The van der Waals surface area contributed by atoms with Crippen molar-refractivity contribution in [2.45, 2.75) is 25.1 Å². The number of hydrogen-bond donors (Lipinski definition) is 1. The monoisotopic (exact) mass is 261 g/mol. The zero-order valence-electron chi connectivity index (χ0n) is 10.4. The van der Waals surface area contributed by atoms with Gasteiger partial charge in [-0.25, -0.2) is 4.98 Å². The van der Waals surface area contributed by atoms with Crippen molar-refractivity contribution in [2.75, 3.05) is 12.4 Å². The number of fused-ring (bicyclic) bond motifs is 1. The Morgan fingerprint density at radius 2 is 2.39 bits per heavy atom. The van der Waals surface area contributed by atoms with E-state index in [2.05, 4.69) is 29.0 Å². The van der Waals surface area contributed by atoms with E-state index in [-0.39, 0.29) is 6.10 Å². The maximum Gasteiger partial charge on any atom is 0.166 e. The summed E-state index contributed by atoms with van der Waals surface area (Å²) >= 11 is 1.60. The standard InChI is InChI=1S/C13H15N3OS/c1-9-3-4-11-12(7-9)16-13(15-11)18-6-5-17-10(2)8-14/h3-4,7,10H,5-6H2,1-2H3,(H,15,16). The molecule has 0 spiro atoms. The van der Waals surface area contributed by atoms with Gasteiger partial charge < -0.3 is 9.72 Å². The molecule has 2 aromatic rings. The van der Waals surface area contributed by atoms with Crippen molar-refractivity contribution in [3.63, 3.8) is 0 Å². The van der Waals surface area contributed by atoms with Gasteiger partial charge in [-0.15, -0.1) is 0 Å². The Hall–Kier alpha value is -1.51. The Bertz CT molecular complexity index is 573. The number of aromatic amines is 1. The van der Waals surface area contributed by atoms with Gasteiger partial charge in [-0.2, -0.15) is 5.26 Å². The summed E-state index contributed by atoms with van der Waals surface area (Å²) in [5, 5.41) is 9.46. The van der Waals surface area contributed by atoms with Gasteiger partial charge in [0.05, 0.1) is 23.7 Å². The lowest BCUT2D eigenvalue weighted by Crippen LogP contribution is -2.07. The second kappa shape index (κ2) is 5.89. The highest BCUT2D eigenvalue weighted by atomic mass is 32.2. The summed E-state index contributed by atoms with van der Waals surface area (Å²) in [6.07, 6.45) is -0.344. The van der Waals surface area contributed by atoms with Crippen molar-refractivity contribution in [1.82, 2.24) is 9.97 Å². The van der Waals surface area contributed by atoms with Crippen LogP contribution in [-0.2, 0) is 4.74 Å². The van der Waals surface area contributed by atoms with Gasteiger partial charge in [0.2, 0.25) is 0 Å². The van der Waals surface area contributed by atoms with E-state index in [1.165, 1.54) is 5.56 Å². The van der Waals surface area contributed by atoms with Crippen molar-refractivity contribution in [3.8, 4) is 6.07 Å². The molecule has 0 aliphatic rings. The van der Waals surface area contributed by atoms with Gasteiger partial charge in [-0.1, -0.05) is 17.8 Å². The van der Waals surface area contributed by atoms with Crippen LogP contribution in [0.5, 0.6) is 0 Å². The Kier molecular flexibility index (Phi) is 4.24. The first kappa shape index (κ1) is 12.9. The maximum atomic E-state index is 8.57. The summed E-state index contributed by atoms with van der Waals surface area (Å²) in [6, 6.07) is 8.18. The van der Waals surface area contributed by atoms with E-state index >= 15 is 0 Å². The van der Waals surface area contributed by atoms with Crippen LogP contribution in [-0.4, -0.2) is 28.4 Å². The number of ether oxygens (including phenoxy) is 1. The molecule has 0 aliphatic carbocycles. The van der Waals surface area contributed by atoms with E-state index in [0.29, 0.717) is 6.61 Å². The van der Waals surface area contributed by atoms with Crippen molar-refractivity contribution in [3.05, 3.63) is 23.8 Å². The number of aryl methyl sites for hydroxylation is 1. The SMILES string of the molecule is Cc1ccc2nc(SCCOC(C)C#N)[nH]c2c1. The average Bonchev–Trinajstić information content (AvgIpc) is 2.76. The van der Waals surface area contributed by atoms with Gasteiger partial charge in [0.25, 0.3) is 0 Å². The highest BCUT2D eigenvalue weighted by Crippen LogP contribution is 2.20. The van der Waals surface area contributed by atoms with Crippen LogP contribution >= 0.6 is 11.8 Å². The Labute approximate surface area is 110 Å². The zero-order valence-corrected chi connectivity index (χ0v) is 11.3. The predicted molar refractivity (Wildman–Crippen MR) is 72.6 cm³/mol. The van der Waals surface area contributed by atoms with Crippen LogP contribution < -0.4 is 0 Å². The zero-order chi connectivity index (χ0) is 13.0. The number of H-pyrrole nitrogens is 1. The first-order chi connectivity index (χ1) is 8.69. The second-order valence-corrected chi connectivity index (χ2v) is 5.14. The molecule has 18 heavy (non-hydrogen) atoms. The van der Waals surface area contributed by atoms with Crippen LogP contribution in [0.3, 0.4) is 0 Å². The number of nitriles is 1. The third-order valence-corrected chi connectivity index (χ3v) is 3.33. The minimum absolute atomic E-state index is 0.344. The summed E-state index contributed by atoms with van der Waals surface area (Å²) < 4.78 is 5.28. The molecule has 1 aromatic carbocycles. The van der Waals surface area contributed by atoms with Crippen LogP contribution in [0, 0.1) is 18.3 Å². The molecule has 2 rings (SSSR count). The normalized spacial score (nSPS) is 12.5. The molecule has 4 nitrogen and oxygen atoms in total. The number of hydrogen-bond acceptors (Lipinski definition) is 4. The number of thioether (sulfide) groups is 1. The summed E-state index contributed by atoms with van der Waals surface area (Å²) in [5.74, 6) is 0.783. The Morgan fingerprint density at radius 1 is 1.56 bits per heavy atom. The molecule has 0 saturated heterocycles. The molecular formula is C13H15N3OS. The average molecular weight is 261 g/mol. The highest BCUT2D eigenvalue weighted by molar-refractivity contribution is 7.99. The number of rotatable bonds is 5. The largest absolute Gasteiger partial charge is 0.363 e. The first-order valence-electron chi connectivity index (χ1n) is 5.79. The third kappa shape index (κ3) is 3.25. The highest BCUT2D eigenvalue weighted by Gasteiger charge is 2.04. The summed E-state index contributed by atoms with van der Waals surface area (Å²) in [6.45, 7) is 4.36. The van der Waals surface area contributed by atoms with Crippen LogP contribution in [0.15, 0.2) is 23.4 Å². The summed E-state index contributed by atoms with van der Waals surface area (Å²) in [5.41, 5.74) is 3.26. The van der Waals surface area contributed by atoms with Gasteiger partial charge in [-0.3, -0.25) is 0 Å². The smallest absolute Gasteiger partial charge is 0.166 e. The van der Waals surface area contributed by atoms with E-state index < -0.39 is 0 Å². The lowest BCUT2D eigenvalue weighted by Gasteiger charge is -2.03. The van der Waals surface area contributed by atoms with Gasteiger partial charge in [0.15, 0.2) is 5.16 Å². The van der Waals surface area contributed by atoms with Gasteiger partial charge in [0, 0.05) is 5.75 Å². The van der Waals surface area contributed by atoms with Crippen LogP contribution in [0.2, 0.25) is 0 Å². The van der Waals surface area contributed by atoms with Gasteiger partial charge >= 0.3 is 0 Å². The Balaban J connectivity index is 1.90. The van der Waals surface area contributed by atoms with Gasteiger partial charge in [-0.05, 0) is 31.5 Å². The lowest BCUT2D eigenvalue weighted by molar-refractivity contribution is 0.117. The van der Waals surface area contributed by atoms with E-state index in [1.54, 1.807) is 18.7 Å². The molecule has 0 radical (unpaired) electrons. The number of nitrogens with zero attached hydrogens (tertiary/aromatic N) is 2. The van der Waals surface area contributed by atoms with Crippen LogP contribution in [0.25, 0.3) is 11.0 Å². The third-order valence-electron chi connectivity index (χ3n) is 2.49. The van der Waals surface area contributed by atoms with E-state index in [1.807, 2.05) is 12.1 Å². The molecule has 0 amide bonds. The quantitative estimate of drug-likeness (QED) is 0.664. The minimum Gasteiger partial charge on any atom is -0.363 e. The second-order valence-electron chi connectivity index (χ2n) is 4.05. The molecule has 1 atom stereocenters. The fourth-order valence-electron chi connectivity index (χ4n) is 1.57. The maximum absolute atomic E-state index is 8.57. The van der Waals surface area contributed by atoms with Crippen molar-refractivity contribution >= 4 is 22.8 Å².